The molecule has 1 fully saturated rings. The first-order valence-electron chi connectivity index (χ1n) is 6.14. The number of aliphatic hydroxyl groups excluding tert-OH is 1. The summed E-state index contributed by atoms with van der Waals surface area (Å²) < 4.78 is 2.78. The maximum Gasteiger partial charge on any atom is 0.101 e. The fourth-order valence-electron chi connectivity index (χ4n) is 3.11. The highest BCUT2D eigenvalue weighted by Gasteiger charge is 2.67. The normalized spacial score (nSPS) is 23.7. The van der Waals surface area contributed by atoms with E-state index in [1.54, 1.807) is 6.20 Å². The van der Waals surface area contributed by atoms with E-state index in [4.69, 9.17) is 0 Å². The van der Waals surface area contributed by atoms with Crippen LogP contribution in [0.25, 0.3) is 0 Å². The van der Waals surface area contributed by atoms with Gasteiger partial charge in [-0.2, -0.15) is 5.10 Å². The van der Waals surface area contributed by atoms with Crippen molar-refractivity contribution >= 4 is 15.9 Å². The van der Waals surface area contributed by atoms with E-state index in [1.165, 1.54) is 0 Å². The zero-order valence-electron chi connectivity index (χ0n) is 11.2. The van der Waals surface area contributed by atoms with E-state index < -0.39 is 6.10 Å². The van der Waals surface area contributed by atoms with E-state index in [1.807, 2.05) is 11.6 Å². The van der Waals surface area contributed by atoms with Crippen molar-refractivity contribution in [3.05, 3.63) is 16.4 Å². The van der Waals surface area contributed by atoms with Crippen LogP contribution in [0.3, 0.4) is 0 Å². The molecule has 1 aliphatic rings. The van der Waals surface area contributed by atoms with Gasteiger partial charge in [-0.25, -0.2) is 0 Å². The van der Waals surface area contributed by atoms with E-state index in [-0.39, 0.29) is 16.7 Å². The van der Waals surface area contributed by atoms with Crippen molar-refractivity contribution in [1.29, 1.82) is 0 Å². The molecule has 4 heteroatoms. The molecular weight excluding hydrogens is 280 g/mol. The molecule has 0 aliphatic heterocycles. The van der Waals surface area contributed by atoms with Gasteiger partial charge in [0.05, 0.1) is 16.4 Å². The minimum atomic E-state index is -0.447. The van der Waals surface area contributed by atoms with Crippen LogP contribution in [-0.4, -0.2) is 14.9 Å². The van der Waals surface area contributed by atoms with Gasteiger partial charge in [0.15, 0.2) is 0 Å². The van der Waals surface area contributed by atoms with Gasteiger partial charge in [-0.05, 0) is 33.7 Å². The second-order valence-electron chi connectivity index (χ2n) is 6.06. The zero-order chi connectivity index (χ0) is 13.0. The number of rotatable bonds is 3. The van der Waals surface area contributed by atoms with Crippen LogP contribution in [0.4, 0.5) is 0 Å². The minimum Gasteiger partial charge on any atom is -0.386 e. The third-order valence-corrected chi connectivity index (χ3v) is 5.47. The molecule has 1 heterocycles. The van der Waals surface area contributed by atoms with Crippen molar-refractivity contribution in [2.75, 3.05) is 0 Å². The van der Waals surface area contributed by atoms with Crippen molar-refractivity contribution < 1.29 is 5.11 Å². The minimum absolute atomic E-state index is 0.175. The fraction of sp³-hybridized carbons (Fsp3) is 0.769. The van der Waals surface area contributed by atoms with Crippen LogP contribution in [-0.2, 0) is 6.54 Å². The molecule has 1 saturated carbocycles. The first-order chi connectivity index (χ1) is 7.75. The van der Waals surface area contributed by atoms with E-state index >= 15 is 0 Å². The van der Waals surface area contributed by atoms with E-state index in [2.05, 4.69) is 48.7 Å². The lowest BCUT2D eigenvalue weighted by Crippen LogP contribution is -2.13. The van der Waals surface area contributed by atoms with Crippen molar-refractivity contribution in [2.24, 2.45) is 16.7 Å². The summed E-state index contributed by atoms with van der Waals surface area (Å²) in [6, 6.07) is 0. The van der Waals surface area contributed by atoms with Crippen LogP contribution in [0.5, 0.6) is 0 Å². The SMILES string of the molecule is CCn1ncc(Br)c1C(O)C1C(C)(C)C1(C)C. The molecule has 0 spiro atoms. The Balaban J connectivity index is 2.34. The number of aliphatic hydroxyl groups is 1. The lowest BCUT2D eigenvalue weighted by Gasteiger charge is -2.15. The molecular formula is C13H21BrN2O. The highest BCUT2D eigenvalue weighted by molar-refractivity contribution is 9.10. The second kappa shape index (κ2) is 3.82. The van der Waals surface area contributed by atoms with E-state index in [9.17, 15) is 5.11 Å². The van der Waals surface area contributed by atoms with Crippen LogP contribution in [0.15, 0.2) is 10.7 Å². The molecule has 1 N–H and O–H groups in total. The van der Waals surface area contributed by atoms with Crippen LogP contribution in [0, 0.1) is 16.7 Å². The number of halogens is 1. The molecule has 0 radical (unpaired) electrons. The maximum absolute atomic E-state index is 10.6. The van der Waals surface area contributed by atoms with Gasteiger partial charge in [-0.1, -0.05) is 27.7 Å². The van der Waals surface area contributed by atoms with Crippen molar-refractivity contribution in [1.82, 2.24) is 9.78 Å². The maximum atomic E-state index is 10.6. The third-order valence-electron chi connectivity index (χ3n) is 4.86. The van der Waals surface area contributed by atoms with Gasteiger partial charge in [0.2, 0.25) is 0 Å². The van der Waals surface area contributed by atoms with Crippen LogP contribution >= 0.6 is 15.9 Å². The highest BCUT2D eigenvalue weighted by atomic mass is 79.9. The molecule has 1 aromatic heterocycles. The molecule has 0 aromatic carbocycles. The Labute approximate surface area is 111 Å². The lowest BCUT2D eigenvalue weighted by atomic mass is 10.0. The van der Waals surface area contributed by atoms with Crippen LogP contribution in [0.2, 0.25) is 0 Å². The van der Waals surface area contributed by atoms with Crippen molar-refractivity contribution in [2.45, 2.75) is 47.3 Å². The van der Waals surface area contributed by atoms with E-state index in [0.29, 0.717) is 0 Å². The third kappa shape index (κ3) is 1.68. The Bertz CT molecular complexity index is 423. The molecule has 17 heavy (non-hydrogen) atoms. The first-order valence-corrected chi connectivity index (χ1v) is 6.93. The molecule has 1 aliphatic carbocycles. The summed E-state index contributed by atoms with van der Waals surface area (Å²) in [5.41, 5.74) is 1.26. The smallest absolute Gasteiger partial charge is 0.101 e. The Morgan fingerprint density at radius 3 is 2.35 bits per heavy atom. The Morgan fingerprint density at radius 2 is 1.94 bits per heavy atom. The topological polar surface area (TPSA) is 38.0 Å². The molecule has 96 valence electrons. The first kappa shape index (κ1) is 13.1. The second-order valence-corrected chi connectivity index (χ2v) is 6.91. The molecule has 0 saturated heterocycles. The standard InChI is InChI=1S/C13H21BrN2O/c1-6-16-9(8(14)7-15-16)10(17)11-12(2,3)13(11,4)5/h7,10-11,17H,6H2,1-5H3. The summed E-state index contributed by atoms with van der Waals surface area (Å²) in [6.07, 6.45) is 1.32. The summed E-state index contributed by atoms with van der Waals surface area (Å²) in [5, 5.41) is 14.9. The predicted octanol–water partition coefficient (Wildman–Crippen LogP) is 3.38. The van der Waals surface area contributed by atoms with Gasteiger partial charge >= 0.3 is 0 Å². The Kier molecular flexibility index (Phi) is 2.94. The summed E-state index contributed by atoms with van der Waals surface area (Å²) in [5.74, 6) is 0.285. The number of hydrogen-bond acceptors (Lipinski definition) is 2. The Morgan fingerprint density at radius 1 is 1.41 bits per heavy atom. The van der Waals surface area contributed by atoms with Gasteiger partial charge in [0.1, 0.15) is 6.10 Å². The molecule has 0 bridgehead atoms. The van der Waals surface area contributed by atoms with E-state index in [0.717, 1.165) is 16.7 Å². The number of aromatic nitrogens is 2. The number of hydrogen-bond donors (Lipinski definition) is 1. The number of aryl methyl sites for hydroxylation is 1. The molecule has 1 aromatic rings. The monoisotopic (exact) mass is 300 g/mol. The summed E-state index contributed by atoms with van der Waals surface area (Å²) in [7, 11) is 0. The summed E-state index contributed by atoms with van der Waals surface area (Å²) in [6.45, 7) is 11.7. The quantitative estimate of drug-likeness (QED) is 0.929. The highest BCUT2D eigenvalue weighted by Crippen LogP contribution is 2.72. The fourth-order valence-corrected chi connectivity index (χ4v) is 3.64. The van der Waals surface area contributed by atoms with Gasteiger partial charge < -0.3 is 5.11 Å². The Hall–Kier alpha value is -0.350. The van der Waals surface area contributed by atoms with Gasteiger partial charge in [0.25, 0.3) is 0 Å². The largest absolute Gasteiger partial charge is 0.386 e. The van der Waals surface area contributed by atoms with Gasteiger partial charge in [-0.3, -0.25) is 4.68 Å². The average molecular weight is 301 g/mol. The average Bonchev–Trinajstić information content (AvgIpc) is 2.55. The van der Waals surface area contributed by atoms with Crippen LogP contribution in [0.1, 0.15) is 46.4 Å². The molecule has 2 rings (SSSR count). The predicted molar refractivity (Wildman–Crippen MR) is 71.6 cm³/mol. The van der Waals surface area contributed by atoms with Crippen LogP contribution < -0.4 is 0 Å². The molecule has 3 nitrogen and oxygen atoms in total. The molecule has 0 amide bonds. The zero-order valence-corrected chi connectivity index (χ0v) is 12.7. The molecule has 1 atom stereocenters. The van der Waals surface area contributed by atoms with Gasteiger partial charge in [0, 0.05) is 12.5 Å². The lowest BCUT2D eigenvalue weighted by molar-refractivity contribution is 0.120. The number of nitrogens with zero attached hydrogens (tertiary/aromatic N) is 2. The van der Waals surface area contributed by atoms with Crippen molar-refractivity contribution in [3.63, 3.8) is 0 Å². The van der Waals surface area contributed by atoms with Gasteiger partial charge in [-0.15, -0.1) is 0 Å². The molecule has 1 unspecified atom stereocenters. The summed E-state index contributed by atoms with van der Waals surface area (Å²) >= 11 is 3.49. The summed E-state index contributed by atoms with van der Waals surface area (Å²) in [4.78, 5) is 0. The van der Waals surface area contributed by atoms with Crippen molar-refractivity contribution in [3.8, 4) is 0 Å².